The highest BCUT2D eigenvalue weighted by molar-refractivity contribution is 4.52. The van der Waals surface area contributed by atoms with Crippen molar-refractivity contribution in [3.05, 3.63) is 12.8 Å². The van der Waals surface area contributed by atoms with Crippen molar-refractivity contribution in [3.63, 3.8) is 0 Å². The maximum absolute atomic E-state index is 4.97. The Morgan fingerprint density at radius 1 is 1.67 bits per heavy atom. The van der Waals surface area contributed by atoms with E-state index in [1.807, 2.05) is 0 Å². The summed E-state index contributed by atoms with van der Waals surface area (Å²) in [7, 11) is 0. The van der Waals surface area contributed by atoms with Gasteiger partial charge in [0.1, 0.15) is 0 Å². The second-order valence-corrected chi connectivity index (χ2v) is 2.34. The Kier molecular flexibility index (Phi) is 5.38. The molecule has 0 aromatic heterocycles. The summed E-state index contributed by atoms with van der Waals surface area (Å²) in [6.45, 7) is 8.70. The van der Waals surface area contributed by atoms with Gasteiger partial charge in [0.2, 0.25) is 0 Å². The molecule has 1 heteroatoms. The van der Waals surface area contributed by atoms with Crippen LogP contribution in [0.1, 0.15) is 26.7 Å². The van der Waals surface area contributed by atoms with Crippen molar-refractivity contribution in [1.29, 1.82) is 0 Å². The average molecular weight is 128 g/mol. The summed E-state index contributed by atoms with van der Waals surface area (Å²) >= 11 is 0. The SMILES string of the molecule is C=COCC[C@H](C)CC. The zero-order valence-electron chi connectivity index (χ0n) is 6.39. The van der Waals surface area contributed by atoms with Crippen molar-refractivity contribution in [1.82, 2.24) is 0 Å². The summed E-state index contributed by atoms with van der Waals surface area (Å²) in [6.07, 6.45) is 3.88. The van der Waals surface area contributed by atoms with Gasteiger partial charge in [-0.2, -0.15) is 0 Å². The third-order valence-corrected chi connectivity index (χ3v) is 1.54. The lowest BCUT2D eigenvalue weighted by molar-refractivity contribution is 0.225. The highest BCUT2D eigenvalue weighted by Crippen LogP contribution is 2.05. The van der Waals surface area contributed by atoms with Gasteiger partial charge in [0.25, 0.3) is 0 Å². The van der Waals surface area contributed by atoms with Crippen molar-refractivity contribution < 1.29 is 4.74 Å². The van der Waals surface area contributed by atoms with E-state index in [1.54, 1.807) is 0 Å². The minimum Gasteiger partial charge on any atom is -0.502 e. The number of ether oxygens (including phenoxy) is 1. The number of hydrogen-bond acceptors (Lipinski definition) is 1. The van der Waals surface area contributed by atoms with Gasteiger partial charge < -0.3 is 4.74 Å². The van der Waals surface area contributed by atoms with Gasteiger partial charge >= 0.3 is 0 Å². The van der Waals surface area contributed by atoms with Crippen LogP contribution in [-0.4, -0.2) is 6.61 Å². The second-order valence-electron chi connectivity index (χ2n) is 2.34. The van der Waals surface area contributed by atoms with Crippen LogP contribution in [0.15, 0.2) is 12.8 Å². The molecule has 0 aromatic carbocycles. The minimum absolute atomic E-state index is 0.782. The fourth-order valence-corrected chi connectivity index (χ4v) is 0.557. The van der Waals surface area contributed by atoms with Crippen molar-refractivity contribution >= 4 is 0 Å². The molecule has 0 unspecified atom stereocenters. The van der Waals surface area contributed by atoms with Gasteiger partial charge in [-0.25, -0.2) is 0 Å². The highest BCUT2D eigenvalue weighted by Gasteiger charge is 1.95. The van der Waals surface area contributed by atoms with Crippen LogP contribution in [-0.2, 0) is 4.74 Å². The summed E-state index contributed by atoms with van der Waals surface area (Å²) in [4.78, 5) is 0. The molecule has 0 saturated carbocycles. The standard InChI is InChI=1S/C8H16O/c1-4-8(3)6-7-9-5-2/h5,8H,2,4,6-7H2,1,3H3/t8-/m1/s1. The van der Waals surface area contributed by atoms with E-state index in [4.69, 9.17) is 4.74 Å². The minimum atomic E-state index is 0.782. The summed E-state index contributed by atoms with van der Waals surface area (Å²) in [5.74, 6) is 0.782. The molecule has 0 fully saturated rings. The molecule has 0 aliphatic heterocycles. The highest BCUT2D eigenvalue weighted by atomic mass is 16.5. The van der Waals surface area contributed by atoms with Crippen LogP contribution in [0, 0.1) is 5.92 Å². The lowest BCUT2D eigenvalue weighted by atomic mass is 10.1. The largest absolute Gasteiger partial charge is 0.502 e. The second kappa shape index (κ2) is 5.67. The summed E-state index contributed by atoms with van der Waals surface area (Å²) in [5.41, 5.74) is 0. The lowest BCUT2D eigenvalue weighted by Gasteiger charge is -2.05. The molecule has 9 heavy (non-hydrogen) atoms. The van der Waals surface area contributed by atoms with Crippen LogP contribution in [0.5, 0.6) is 0 Å². The fraction of sp³-hybridized carbons (Fsp3) is 0.750. The van der Waals surface area contributed by atoms with E-state index in [-0.39, 0.29) is 0 Å². The molecule has 0 heterocycles. The summed E-state index contributed by atoms with van der Waals surface area (Å²) in [6, 6.07) is 0. The zero-order chi connectivity index (χ0) is 7.11. The van der Waals surface area contributed by atoms with Gasteiger partial charge in [-0.1, -0.05) is 26.8 Å². The Bertz CT molecular complexity index is 69.0. The average Bonchev–Trinajstić information content (AvgIpc) is 1.89. The maximum Gasteiger partial charge on any atom is 0.0875 e. The van der Waals surface area contributed by atoms with Crippen molar-refractivity contribution in [2.24, 2.45) is 5.92 Å². The van der Waals surface area contributed by atoms with Crippen LogP contribution in [0.3, 0.4) is 0 Å². The molecule has 0 aliphatic carbocycles. The first-order valence-corrected chi connectivity index (χ1v) is 3.53. The third-order valence-electron chi connectivity index (χ3n) is 1.54. The Hall–Kier alpha value is -0.460. The van der Waals surface area contributed by atoms with Crippen molar-refractivity contribution in [2.75, 3.05) is 6.61 Å². The first kappa shape index (κ1) is 8.54. The Morgan fingerprint density at radius 2 is 2.33 bits per heavy atom. The monoisotopic (exact) mass is 128 g/mol. The van der Waals surface area contributed by atoms with Gasteiger partial charge in [-0.3, -0.25) is 0 Å². The van der Waals surface area contributed by atoms with Crippen LogP contribution < -0.4 is 0 Å². The van der Waals surface area contributed by atoms with E-state index < -0.39 is 0 Å². The fourth-order valence-electron chi connectivity index (χ4n) is 0.557. The maximum atomic E-state index is 4.97. The van der Waals surface area contributed by atoms with E-state index in [0.717, 1.165) is 18.9 Å². The first-order chi connectivity index (χ1) is 4.31. The molecule has 0 aliphatic rings. The van der Waals surface area contributed by atoms with Gasteiger partial charge in [-0.05, 0) is 12.3 Å². The molecule has 0 spiro atoms. The molecular weight excluding hydrogens is 112 g/mol. The van der Waals surface area contributed by atoms with Crippen LogP contribution >= 0.6 is 0 Å². The van der Waals surface area contributed by atoms with Gasteiger partial charge in [0, 0.05) is 0 Å². The van der Waals surface area contributed by atoms with Gasteiger partial charge in [0.05, 0.1) is 12.9 Å². The molecular formula is C8H16O. The molecule has 0 aromatic rings. The van der Waals surface area contributed by atoms with E-state index in [9.17, 15) is 0 Å². The molecule has 1 nitrogen and oxygen atoms in total. The quantitative estimate of drug-likeness (QED) is 0.408. The summed E-state index contributed by atoms with van der Waals surface area (Å²) in [5, 5.41) is 0. The third kappa shape index (κ3) is 5.41. The molecule has 0 amide bonds. The molecule has 0 radical (unpaired) electrons. The Balaban J connectivity index is 2.96. The summed E-state index contributed by atoms with van der Waals surface area (Å²) < 4.78 is 4.97. The first-order valence-electron chi connectivity index (χ1n) is 3.53. The van der Waals surface area contributed by atoms with E-state index >= 15 is 0 Å². The van der Waals surface area contributed by atoms with Crippen LogP contribution in [0.25, 0.3) is 0 Å². The predicted molar refractivity (Wildman–Crippen MR) is 40.2 cm³/mol. The molecule has 1 atom stereocenters. The number of hydrogen-bond donors (Lipinski definition) is 0. The molecule has 0 rings (SSSR count). The van der Waals surface area contributed by atoms with Gasteiger partial charge in [-0.15, -0.1) is 0 Å². The normalized spacial score (nSPS) is 12.7. The van der Waals surface area contributed by atoms with Crippen molar-refractivity contribution in [3.8, 4) is 0 Å². The molecule has 0 N–H and O–H groups in total. The Morgan fingerprint density at radius 3 is 2.78 bits per heavy atom. The van der Waals surface area contributed by atoms with E-state index in [0.29, 0.717) is 0 Å². The van der Waals surface area contributed by atoms with Crippen LogP contribution in [0.4, 0.5) is 0 Å². The van der Waals surface area contributed by atoms with E-state index in [2.05, 4.69) is 20.4 Å². The number of rotatable bonds is 5. The van der Waals surface area contributed by atoms with Gasteiger partial charge in [0.15, 0.2) is 0 Å². The van der Waals surface area contributed by atoms with Crippen molar-refractivity contribution in [2.45, 2.75) is 26.7 Å². The Labute approximate surface area is 57.7 Å². The topological polar surface area (TPSA) is 9.23 Å². The lowest BCUT2D eigenvalue weighted by Crippen LogP contribution is -1.96. The van der Waals surface area contributed by atoms with Crippen LogP contribution in [0.2, 0.25) is 0 Å². The molecule has 0 bridgehead atoms. The van der Waals surface area contributed by atoms with E-state index in [1.165, 1.54) is 12.7 Å². The molecule has 0 saturated heterocycles. The molecule has 54 valence electrons. The zero-order valence-corrected chi connectivity index (χ0v) is 6.39. The predicted octanol–water partition coefficient (Wildman–Crippen LogP) is 2.58. The smallest absolute Gasteiger partial charge is 0.0875 e.